The van der Waals surface area contributed by atoms with Gasteiger partial charge in [0, 0.05) is 18.0 Å². The number of fused-ring (bicyclic) bond motifs is 1. The Morgan fingerprint density at radius 3 is 2.08 bits per heavy atom. The van der Waals surface area contributed by atoms with E-state index in [1.165, 1.54) is 0 Å². The summed E-state index contributed by atoms with van der Waals surface area (Å²) in [4.78, 5) is 55.0. The number of Topliss-reactive ketones (excluding diaryl/α,β-unsaturated/α-hetero) is 1. The first-order chi connectivity index (χ1) is 16.8. The first-order valence-corrected chi connectivity index (χ1v) is 13.6. The molecule has 0 spiro atoms. The fourth-order valence-corrected chi connectivity index (χ4v) is 5.99. The topological polar surface area (TPSA) is 131 Å². The van der Waals surface area contributed by atoms with Gasteiger partial charge in [-0.15, -0.1) is 0 Å². The minimum Gasteiger partial charge on any atom is -0.344 e. The van der Waals surface area contributed by atoms with Crippen LogP contribution in [0.3, 0.4) is 0 Å². The maximum absolute atomic E-state index is 14.0. The number of nitrogens with one attached hydrogen (secondary N) is 4. The molecule has 0 bridgehead atoms. The molecule has 0 aromatic rings. The van der Waals surface area contributed by atoms with E-state index < -0.39 is 35.1 Å². The van der Waals surface area contributed by atoms with Gasteiger partial charge in [-0.3, -0.25) is 14.4 Å². The zero-order chi connectivity index (χ0) is 28.1. The van der Waals surface area contributed by atoms with Gasteiger partial charge in [-0.05, 0) is 69.1 Å². The zero-order valence-electron chi connectivity index (χ0n) is 24.1. The van der Waals surface area contributed by atoms with Gasteiger partial charge in [-0.2, -0.15) is 0 Å². The maximum atomic E-state index is 14.0. The van der Waals surface area contributed by atoms with Gasteiger partial charge < -0.3 is 26.3 Å². The quantitative estimate of drug-likeness (QED) is 0.456. The van der Waals surface area contributed by atoms with Crippen LogP contribution in [0.25, 0.3) is 0 Å². The molecule has 4 N–H and O–H groups in total. The molecule has 1 aliphatic heterocycles. The smallest absolute Gasteiger partial charge is 0.315 e. The molecule has 6 unspecified atom stereocenters. The largest absolute Gasteiger partial charge is 0.344 e. The second-order valence-electron chi connectivity index (χ2n) is 14.4. The standard InChI is InChI=1S/C28H47N5O4/c1-26(2,3)17-12-13-33(24(36)22(27(4,5)6)31-25(37)32-28(7,8)9)20(17)23(35)30-18-14-15-10-11-16(15)19(29)21(18)34/h15-18,20,22,29H,10-14H2,1-9H3,(H,30,35)(H2,31,32,37). The van der Waals surface area contributed by atoms with E-state index in [0.29, 0.717) is 19.4 Å². The van der Waals surface area contributed by atoms with Crippen molar-refractivity contribution in [3.8, 4) is 0 Å². The molecule has 208 valence electrons. The van der Waals surface area contributed by atoms with E-state index in [-0.39, 0.29) is 46.5 Å². The second kappa shape index (κ2) is 10.0. The average molecular weight is 518 g/mol. The molecule has 0 aromatic carbocycles. The third-order valence-corrected chi connectivity index (χ3v) is 8.16. The van der Waals surface area contributed by atoms with Gasteiger partial charge in [0.1, 0.15) is 12.1 Å². The maximum Gasteiger partial charge on any atom is 0.315 e. The van der Waals surface area contributed by atoms with Crippen LogP contribution >= 0.6 is 0 Å². The lowest BCUT2D eigenvalue weighted by Gasteiger charge is -2.44. The lowest BCUT2D eigenvalue weighted by atomic mass is 9.63. The van der Waals surface area contributed by atoms with Crippen LogP contribution < -0.4 is 16.0 Å². The van der Waals surface area contributed by atoms with Crippen LogP contribution in [0.15, 0.2) is 0 Å². The van der Waals surface area contributed by atoms with Crippen molar-refractivity contribution < 1.29 is 19.2 Å². The minimum absolute atomic E-state index is 0.0328. The van der Waals surface area contributed by atoms with Gasteiger partial charge in [0.2, 0.25) is 11.8 Å². The molecule has 2 saturated carbocycles. The van der Waals surface area contributed by atoms with Crippen LogP contribution in [-0.2, 0) is 14.4 Å². The minimum atomic E-state index is -0.843. The molecule has 9 nitrogen and oxygen atoms in total. The van der Waals surface area contributed by atoms with Crippen molar-refractivity contribution in [2.24, 2.45) is 28.6 Å². The summed E-state index contributed by atoms with van der Waals surface area (Å²) in [6, 6.07) is -2.75. The number of hydrogen-bond donors (Lipinski definition) is 4. The second-order valence-corrected chi connectivity index (χ2v) is 14.4. The van der Waals surface area contributed by atoms with Crippen molar-refractivity contribution in [3.05, 3.63) is 0 Å². The molecule has 0 aromatic heterocycles. The number of urea groups is 1. The molecule has 0 radical (unpaired) electrons. The van der Waals surface area contributed by atoms with Gasteiger partial charge in [-0.25, -0.2) is 4.79 Å². The Hall–Kier alpha value is -2.45. The predicted molar refractivity (Wildman–Crippen MR) is 143 cm³/mol. The Bertz CT molecular complexity index is 955. The van der Waals surface area contributed by atoms with E-state index in [9.17, 15) is 19.2 Å². The molecule has 37 heavy (non-hydrogen) atoms. The summed E-state index contributed by atoms with van der Waals surface area (Å²) in [5, 5.41) is 16.9. The SMILES string of the molecule is CC(C)(C)NC(=O)NC(C(=O)N1CCC(C(C)(C)C)C1C(=O)NC1CC2CCC2C(=N)C1=O)C(C)(C)C. The number of carbonyl (C=O) groups is 4. The third kappa shape index (κ3) is 6.34. The molecule has 9 heteroatoms. The molecular formula is C28H47N5O4. The molecule has 3 fully saturated rings. The van der Waals surface area contributed by atoms with E-state index in [1.54, 1.807) is 4.90 Å². The number of likely N-dealkylation sites (tertiary alicyclic amines) is 1. The number of amides is 4. The van der Waals surface area contributed by atoms with Gasteiger partial charge in [0.05, 0.1) is 11.8 Å². The molecule has 3 rings (SSSR count). The van der Waals surface area contributed by atoms with Crippen molar-refractivity contribution >= 4 is 29.3 Å². The van der Waals surface area contributed by atoms with Crippen molar-refractivity contribution in [1.82, 2.24) is 20.9 Å². The summed E-state index contributed by atoms with van der Waals surface area (Å²) in [7, 11) is 0. The van der Waals surface area contributed by atoms with Gasteiger partial charge in [-0.1, -0.05) is 41.5 Å². The molecule has 1 heterocycles. The van der Waals surface area contributed by atoms with Crippen molar-refractivity contribution in [2.75, 3.05) is 6.54 Å². The lowest BCUT2D eigenvalue weighted by Crippen LogP contribution is -2.62. The monoisotopic (exact) mass is 517 g/mol. The Morgan fingerprint density at radius 1 is 0.973 bits per heavy atom. The Balaban J connectivity index is 1.85. The molecule has 4 amide bonds. The van der Waals surface area contributed by atoms with Crippen LogP contribution in [0.2, 0.25) is 0 Å². The lowest BCUT2D eigenvalue weighted by molar-refractivity contribution is -0.144. The highest BCUT2D eigenvalue weighted by Crippen LogP contribution is 2.43. The highest BCUT2D eigenvalue weighted by Gasteiger charge is 2.51. The summed E-state index contributed by atoms with van der Waals surface area (Å²) in [5.74, 6) is -0.760. The number of hydrogen-bond acceptors (Lipinski definition) is 5. The highest BCUT2D eigenvalue weighted by atomic mass is 16.2. The highest BCUT2D eigenvalue weighted by molar-refractivity contribution is 6.42. The molecule has 6 atom stereocenters. The van der Waals surface area contributed by atoms with Crippen LogP contribution in [0.1, 0.15) is 88.0 Å². The fourth-order valence-electron chi connectivity index (χ4n) is 5.99. The van der Waals surface area contributed by atoms with Crippen LogP contribution in [-0.4, -0.2) is 64.4 Å². The number of carbonyl (C=O) groups excluding carboxylic acids is 4. The Kier molecular flexibility index (Phi) is 7.89. The molecule has 1 saturated heterocycles. The van der Waals surface area contributed by atoms with Crippen molar-refractivity contribution in [3.63, 3.8) is 0 Å². The van der Waals surface area contributed by atoms with E-state index in [0.717, 1.165) is 12.8 Å². The predicted octanol–water partition coefficient (Wildman–Crippen LogP) is 3.27. The van der Waals surface area contributed by atoms with E-state index >= 15 is 0 Å². The van der Waals surface area contributed by atoms with Crippen molar-refractivity contribution in [1.29, 1.82) is 5.41 Å². The normalized spacial score (nSPS) is 29.2. The fraction of sp³-hybridized carbons (Fsp3) is 0.821. The summed E-state index contributed by atoms with van der Waals surface area (Å²) in [6.45, 7) is 17.8. The average Bonchev–Trinajstić information content (AvgIpc) is 3.15. The Labute approximate surface area is 221 Å². The third-order valence-electron chi connectivity index (χ3n) is 8.16. The summed E-state index contributed by atoms with van der Waals surface area (Å²) in [5.41, 5.74) is -1.20. The van der Waals surface area contributed by atoms with E-state index in [4.69, 9.17) is 5.41 Å². The van der Waals surface area contributed by atoms with E-state index in [2.05, 4.69) is 36.7 Å². The summed E-state index contributed by atoms with van der Waals surface area (Å²) < 4.78 is 0. The molecular weight excluding hydrogens is 470 g/mol. The van der Waals surface area contributed by atoms with Crippen LogP contribution in [0.4, 0.5) is 4.79 Å². The first-order valence-electron chi connectivity index (χ1n) is 13.6. The zero-order valence-corrected chi connectivity index (χ0v) is 24.1. The van der Waals surface area contributed by atoms with Crippen LogP contribution in [0, 0.1) is 34.0 Å². The molecule has 3 aliphatic rings. The van der Waals surface area contributed by atoms with Gasteiger partial charge in [0.25, 0.3) is 0 Å². The number of nitrogens with zero attached hydrogens (tertiary/aromatic N) is 1. The number of rotatable bonds is 4. The number of ketones is 1. The van der Waals surface area contributed by atoms with Crippen molar-refractivity contribution in [2.45, 2.75) is 112 Å². The first kappa shape index (κ1) is 29.1. The summed E-state index contributed by atoms with van der Waals surface area (Å²) >= 11 is 0. The molecule has 2 aliphatic carbocycles. The van der Waals surface area contributed by atoms with Crippen LogP contribution in [0.5, 0.6) is 0 Å². The Morgan fingerprint density at radius 2 is 1.59 bits per heavy atom. The van der Waals surface area contributed by atoms with Gasteiger partial charge in [0.15, 0.2) is 5.78 Å². The van der Waals surface area contributed by atoms with E-state index in [1.807, 2.05) is 41.5 Å². The summed E-state index contributed by atoms with van der Waals surface area (Å²) in [6.07, 6.45) is 3.05. The van der Waals surface area contributed by atoms with Gasteiger partial charge >= 0.3 is 6.03 Å².